The number of ether oxygens (including phenoxy) is 1. The number of esters is 1. The molecule has 1 aliphatic heterocycles. The van der Waals surface area contributed by atoms with E-state index in [1.165, 1.54) is 29.5 Å². The first kappa shape index (κ1) is 13.5. The number of nitrogens with zero attached hydrogens (tertiary/aromatic N) is 1. The van der Waals surface area contributed by atoms with Crippen LogP contribution in [0.2, 0.25) is 0 Å². The second kappa shape index (κ2) is 5.35. The van der Waals surface area contributed by atoms with E-state index in [1.807, 2.05) is 0 Å². The summed E-state index contributed by atoms with van der Waals surface area (Å²) in [6.45, 7) is -0.219. The molecule has 1 aromatic rings. The summed E-state index contributed by atoms with van der Waals surface area (Å²) in [5.41, 5.74) is 5.26. The van der Waals surface area contributed by atoms with Gasteiger partial charge >= 0.3 is 5.97 Å². The summed E-state index contributed by atoms with van der Waals surface area (Å²) in [7, 11) is 1.24. The molecule has 0 spiro atoms. The van der Waals surface area contributed by atoms with Gasteiger partial charge in [0.1, 0.15) is 12.6 Å². The molecule has 2 rings (SSSR count). The zero-order chi connectivity index (χ0) is 14.0. The average molecular weight is 283 g/mol. The summed E-state index contributed by atoms with van der Waals surface area (Å²) in [6.07, 6.45) is 0. The highest BCUT2D eigenvalue weighted by Crippen LogP contribution is 2.31. The van der Waals surface area contributed by atoms with E-state index in [4.69, 9.17) is 5.73 Å². The molecule has 1 amide bonds. The highest BCUT2D eigenvalue weighted by molar-refractivity contribution is 7.99. The van der Waals surface area contributed by atoms with Crippen LogP contribution in [0.25, 0.3) is 0 Å². The van der Waals surface area contributed by atoms with Gasteiger partial charge in [0, 0.05) is 5.75 Å². The van der Waals surface area contributed by atoms with E-state index < -0.39 is 17.9 Å². The summed E-state index contributed by atoms with van der Waals surface area (Å²) in [5, 5.41) is 3.13. The van der Waals surface area contributed by atoms with E-state index in [2.05, 4.69) is 10.1 Å². The molecule has 1 aromatic heterocycles. The van der Waals surface area contributed by atoms with Gasteiger partial charge in [-0.25, -0.2) is 0 Å². The maximum absolute atomic E-state index is 12.0. The van der Waals surface area contributed by atoms with E-state index >= 15 is 0 Å². The second-order valence-corrected chi connectivity index (χ2v) is 4.96. The quantitative estimate of drug-likeness (QED) is 0.716. The number of aromatic nitrogens is 1. The fraction of sp³-hybridized carbons (Fsp3) is 0.364. The zero-order valence-electron chi connectivity index (χ0n) is 10.2. The van der Waals surface area contributed by atoms with Crippen LogP contribution in [0.1, 0.15) is 6.04 Å². The van der Waals surface area contributed by atoms with Crippen molar-refractivity contribution in [3.8, 4) is 0 Å². The molecule has 102 valence electrons. The molecular weight excluding hydrogens is 270 g/mol. The number of carbonyl (C=O) groups is 2. The van der Waals surface area contributed by atoms with Crippen LogP contribution in [0.3, 0.4) is 0 Å². The number of methoxy groups -OCH3 is 1. The third kappa shape index (κ3) is 2.58. The van der Waals surface area contributed by atoms with Gasteiger partial charge in [-0.05, 0) is 12.1 Å². The first-order valence-corrected chi connectivity index (χ1v) is 6.51. The largest absolute Gasteiger partial charge is 0.468 e. The number of nitrogens with one attached hydrogen (secondary N) is 1. The van der Waals surface area contributed by atoms with Gasteiger partial charge in [-0.2, -0.15) is 0 Å². The maximum atomic E-state index is 12.0. The van der Waals surface area contributed by atoms with Crippen molar-refractivity contribution >= 4 is 29.3 Å². The van der Waals surface area contributed by atoms with Crippen molar-refractivity contribution in [2.45, 2.75) is 11.1 Å². The molecule has 0 saturated heterocycles. The van der Waals surface area contributed by atoms with Gasteiger partial charge in [-0.15, -0.1) is 11.8 Å². The van der Waals surface area contributed by atoms with Gasteiger partial charge in [0.25, 0.3) is 5.56 Å². The molecule has 0 bridgehead atoms. The van der Waals surface area contributed by atoms with Crippen LogP contribution in [0.4, 0.5) is 5.69 Å². The molecule has 7 nitrogen and oxygen atoms in total. The summed E-state index contributed by atoms with van der Waals surface area (Å²) >= 11 is 1.40. The molecule has 8 heteroatoms. The summed E-state index contributed by atoms with van der Waals surface area (Å²) in [4.78, 5) is 34.8. The number of carbonyl (C=O) groups excluding carboxylic acids is 2. The number of fused-ring (bicyclic) bond motifs is 1. The van der Waals surface area contributed by atoms with E-state index in [-0.39, 0.29) is 17.8 Å². The van der Waals surface area contributed by atoms with Crippen molar-refractivity contribution in [3.63, 3.8) is 0 Å². The molecule has 0 radical (unpaired) electrons. The monoisotopic (exact) mass is 283 g/mol. The number of nitrogens with two attached hydrogens (primary N) is 1. The van der Waals surface area contributed by atoms with Crippen molar-refractivity contribution < 1.29 is 14.3 Å². The molecule has 0 saturated carbocycles. The van der Waals surface area contributed by atoms with Gasteiger partial charge in [0.2, 0.25) is 5.91 Å². The topological polar surface area (TPSA) is 103 Å². The smallest absolute Gasteiger partial charge is 0.325 e. The Morgan fingerprint density at radius 2 is 2.32 bits per heavy atom. The Kier molecular flexibility index (Phi) is 3.79. The lowest BCUT2D eigenvalue weighted by molar-refractivity contribution is -0.141. The van der Waals surface area contributed by atoms with Crippen molar-refractivity contribution in [1.82, 2.24) is 9.88 Å². The van der Waals surface area contributed by atoms with Gasteiger partial charge in [0.15, 0.2) is 0 Å². The number of pyridine rings is 1. The molecule has 0 unspecified atom stereocenters. The van der Waals surface area contributed by atoms with E-state index in [9.17, 15) is 14.4 Å². The molecule has 0 aromatic carbocycles. The molecule has 0 aliphatic carbocycles. The number of nitrogen functional groups attached to an aromatic ring is 1. The Balaban J connectivity index is 2.18. The number of rotatable bonds is 3. The van der Waals surface area contributed by atoms with Crippen LogP contribution in [0.5, 0.6) is 0 Å². The number of anilines is 1. The Morgan fingerprint density at radius 1 is 1.58 bits per heavy atom. The van der Waals surface area contributed by atoms with Crippen LogP contribution in [-0.2, 0) is 14.3 Å². The number of thioether (sulfide) groups is 1. The highest BCUT2D eigenvalue weighted by atomic mass is 32.2. The van der Waals surface area contributed by atoms with Crippen molar-refractivity contribution in [1.29, 1.82) is 0 Å². The zero-order valence-corrected chi connectivity index (χ0v) is 11.0. The minimum absolute atomic E-state index is 0.0945. The molecule has 3 N–H and O–H groups in total. The number of hydrogen-bond acceptors (Lipinski definition) is 6. The standard InChI is InChI=1S/C11H13N3O4S/c1-18-9(15)4-13-10(16)7-5-19-8-3-2-6(12)11(17)14(7)8/h2-3,7H,4-5,12H2,1H3,(H,13,16)/t7-/m0/s1. The Bertz CT molecular complexity index is 584. The summed E-state index contributed by atoms with van der Waals surface area (Å²) in [6, 6.07) is 2.57. The maximum Gasteiger partial charge on any atom is 0.325 e. The molecule has 2 heterocycles. The van der Waals surface area contributed by atoms with Crippen LogP contribution in [0.15, 0.2) is 22.0 Å². The normalized spacial score (nSPS) is 16.8. The number of amides is 1. The predicted molar refractivity (Wildman–Crippen MR) is 69.9 cm³/mol. The molecule has 19 heavy (non-hydrogen) atoms. The summed E-state index contributed by atoms with van der Waals surface area (Å²) < 4.78 is 5.78. The van der Waals surface area contributed by atoms with Crippen LogP contribution in [-0.4, -0.2) is 35.9 Å². The van der Waals surface area contributed by atoms with Gasteiger partial charge < -0.3 is 15.8 Å². The van der Waals surface area contributed by atoms with Gasteiger partial charge in [0.05, 0.1) is 17.8 Å². The van der Waals surface area contributed by atoms with Crippen LogP contribution < -0.4 is 16.6 Å². The SMILES string of the molecule is COC(=O)CNC(=O)[C@@H]1CSc2ccc(N)c(=O)n21. The lowest BCUT2D eigenvalue weighted by Crippen LogP contribution is -2.39. The lowest BCUT2D eigenvalue weighted by atomic mass is 10.3. The van der Waals surface area contributed by atoms with Gasteiger partial charge in [-0.3, -0.25) is 19.0 Å². The minimum atomic E-state index is -0.652. The van der Waals surface area contributed by atoms with Crippen LogP contribution in [0, 0.1) is 0 Å². The average Bonchev–Trinajstić information content (AvgIpc) is 2.84. The van der Waals surface area contributed by atoms with E-state index in [0.29, 0.717) is 10.8 Å². The highest BCUT2D eigenvalue weighted by Gasteiger charge is 2.30. The first-order valence-electron chi connectivity index (χ1n) is 5.53. The van der Waals surface area contributed by atoms with Crippen molar-refractivity contribution in [3.05, 3.63) is 22.5 Å². The second-order valence-electron chi connectivity index (χ2n) is 3.92. The number of hydrogen-bond donors (Lipinski definition) is 2. The van der Waals surface area contributed by atoms with Crippen LogP contribution >= 0.6 is 11.8 Å². The Labute approximate surface area is 113 Å². The molecule has 0 fully saturated rings. The lowest BCUT2D eigenvalue weighted by Gasteiger charge is -2.13. The van der Waals surface area contributed by atoms with Crippen molar-refractivity contribution in [2.24, 2.45) is 0 Å². The fourth-order valence-electron chi connectivity index (χ4n) is 1.75. The molecule has 1 atom stereocenters. The van der Waals surface area contributed by atoms with Crippen molar-refractivity contribution in [2.75, 3.05) is 25.1 Å². The third-order valence-electron chi connectivity index (χ3n) is 2.75. The Morgan fingerprint density at radius 3 is 3.00 bits per heavy atom. The predicted octanol–water partition coefficient (Wildman–Crippen LogP) is -0.634. The van der Waals surface area contributed by atoms with E-state index in [0.717, 1.165) is 0 Å². The third-order valence-corrected chi connectivity index (χ3v) is 3.86. The van der Waals surface area contributed by atoms with Gasteiger partial charge in [-0.1, -0.05) is 0 Å². The Hall–Kier alpha value is -1.96. The van der Waals surface area contributed by atoms with E-state index in [1.54, 1.807) is 6.07 Å². The fourth-order valence-corrected chi connectivity index (χ4v) is 2.89. The minimum Gasteiger partial charge on any atom is -0.468 e. The first-order chi connectivity index (χ1) is 9.04. The molecular formula is C11H13N3O4S. The molecule has 1 aliphatic rings. The summed E-state index contributed by atoms with van der Waals surface area (Å²) in [5.74, 6) is -0.505.